The lowest BCUT2D eigenvalue weighted by Crippen LogP contribution is -2.40. The largest absolute Gasteiger partial charge is 0.459 e. The first-order chi connectivity index (χ1) is 12.2. The fourth-order valence-corrected chi connectivity index (χ4v) is 2.68. The first-order valence-electron chi connectivity index (χ1n) is 8.13. The molecule has 130 valence electrons. The summed E-state index contributed by atoms with van der Waals surface area (Å²) in [4.78, 5) is 27.0. The maximum atomic E-state index is 13.0. The van der Waals surface area contributed by atoms with Crippen LogP contribution in [-0.2, 0) is 4.79 Å². The Hall–Kier alpha value is -3.09. The van der Waals surface area contributed by atoms with Crippen molar-refractivity contribution >= 4 is 5.91 Å². The summed E-state index contributed by atoms with van der Waals surface area (Å²) in [7, 11) is 0. The van der Waals surface area contributed by atoms with Crippen LogP contribution in [0.25, 0.3) is 11.7 Å². The Balaban J connectivity index is 2.09. The number of benzene rings is 1. The van der Waals surface area contributed by atoms with Gasteiger partial charge in [-0.1, -0.05) is 30.3 Å². The predicted octanol–water partition coefficient (Wildman–Crippen LogP) is 2.55. The Kier molecular flexibility index (Phi) is 4.83. The molecule has 0 fully saturated rings. The summed E-state index contributed by atoms with van der Waals surface area (Å²) in [6, 6.07) is 11.5. The van der Waals surface area contributed by atoms with E-state index in [4.69, 9.17) is 8.83 Å². The highest BCUT2D eigenvalue weighted by atomic mass is 16.4. The van der Waals surface area contributed by atoms with Crippen LogP contribution >= 0.6 is 0 Å². The molecular formula is C18H19N3O4. The normalized spacial score (nSPS) is 12.1. The topological polar surface area (TPSA) is 81.5 Å². The van der Waals surface area contributed by atoms with Crippen molar-refractivity contribution in [3.63, 3.8) is 0 Å². The zero-order valence-electron chi connectivity index (χ0n) is 14.1. The third kappa shape index (κ3) is 3.26. The molecule has 3 aromatic rings. The quantitative estimate of drug-likeness (QED) is 0.688. The van der Waals surface area contributed by atoms with Crippen molar-refractivity contribution in [2.45, 2.75) is 19.9 Å². The number of rotatable bonds is 6. The molecule has 7 heteroatoms. The first-order valence-corrected chi connectivity index (χ1v) is 8.13. The van der Waals surface area contributed by atoms with Crippen molar-refractivity contribution in [3.8, 4) is 11.7 Å². The monoisotopic (exact) mass is 341 g/mol. The lowest BCUT2D eigenvalue weighted by Gasteiger charge is -2.24. The zero-order chi connectivity index (χ0) is 17.8. The number of likely N-dealkylation sites (N-methyl/N-ethyl adjacent to an activating group) is 1. The third-order valence-corrected chi connectivity index (χ3v) is 3.97. The minimum absolute atomic E-state index is 0.0447. The Labute approximate surface area is 144 Å². The van der Waals surface area contributed by atoms with Gasteiger partial charge in [-0.25, -0.2) is 4.79 Å². The molecule has 7 nitrogen and oxygen atoms in total. The van der Waals surface area contributed by atoms with E-state index in [0.29, 0.717) is 24.4 Å². The molecule has 25 heavy (non-hydrogen) atoms. The van der Waals surface area contributed by atoms with E-state index in [1.807, 2.05) is 32.0 Å². The average Bonchev–Trinajstić information content (AvgIpc) is 3.28. The van der Waals surface area contributed by atoms with Crippen LogP contribution in [0.2, 0.25) is 0 Å². The van der Waals surface area contributed by atoms with E-state index >= 15 is 0 Å². The highest BCUT2D eigenvalue weighted by molar-refractivity contribution is 5.83. The molecule has 3 rings (SSSR count). The third-order valence-electron chi connectivity index (χ3n) is 3.97. The van der Waals surface area contributed by atoms with Crippen molar-refractivity contribution in [1.82, 2.24) is 14.7 Å². The van der Waals surface area contributed by atoms with Gasteiger partial charge < -0.3 is 13.7 Å². The second kappa shape index (κ2) is 7.21. The lowest BCUT2D eigenvalue weighted by atomic mass is 10.1. The van der Waals surface area contributed by atoms with Gasteiger partial charge in [0.1, 0.15) is 0 Å². The molecule has 0 saturated carbocycles. The highest BCUT2D eigenvalue weighted by Crippen LogP contribution is 2.22. The second-order valence-corrected chi connectivity index (χ2v) is 5.42. The van der Waals surface area contributed by atoms with Crippen LogP contribution in [0.5, 0.6) is 0 Å². The summed E-state index contributed by atoms with van der Waals surface area (Å²) < 4.78 is 11.5. The number of carbonyl (C=O) groups is 1. The van der Waals surface area contributed by atoms with Crippen molar-refractivity contribution in [2.24, 2.45) is 0 Å². The summed E-state index contributed by atoms with van der Waals surface area (Å²) in [5.74, 6) is -0.542. The Morgan fingerprint density at radius 3 is 2.48 bits per heavy atom. The van der Waals surface area contributed by atoms with Crippen molar-refractivity contribution in [3.05, 3.63) is 64.8 Å². The Morgan fingerprint density at radius 2 is 1.88 bits per heavy atom. The maximum absolute atomic E-state index is 13.0. The fraction of sp³-hybridized carbons (Fsp3) is 0.278. The summed E-state index contributed by atoms with van der Waals surface area (Å²) in [6.07, 6.45) is 1.46. The van der Waals surface area contributed by atoms with Crippen molar-refractivity contribution in [1.29, 1.82) is 0 Å². The average molecular weight is 341 g/mol. The maximum Gasteiger partial charge on any atom is 0.438 e. The van der Waals surface area contributed by atoms with Gasteiger partial charge in [-0.05, 0) is 31.5 Å². The summed E-state index contributed by atoms with van der Waals surface area (Å²) in [5.41, 5.74) is 0.667. The van der Waals surface area contributed by atoms with E-state index in [2.05, 4.69) is 5.10 Å². The van der Waals surface area contributed by atoms with Crippen molar-refractivity contribution < 1.29 is 13.6 Å². The molecule has 0 bridgehead atoms. The SMILES string of the molecule is CCN(CC)C(=O)[C@@H](c1ccccc1)n1nc(-c2ccco2)oc1=O. The molecule has 2 heterocycles. The van der Waals surface area contributed by atoms with E-state index < -0.39 is 11.8 Å². The van der Waals surface area contributed by atoms with Gasteiger partial charge in [-0.2, -0.15) is 4.68 Å². The first kappa shape index (κ1) is 16.8. The number of furan rings is 1. The molecule has 0 N–H and O–H groups in total. The summed E-state index contributed by atoms with van der Waals surface area (Å²) >= 11 is 0. The lowest BCUT2D eigenvalue weighted by molar-refractivity contribution is -0.133. The smallest absolute Gasteiger partial charge is 0.438 e. The summed E-state index contributed by atoms with van der Waals surface area (Å²) in [5, 5.41) is 4.20. The van der Waals surface area contributed by atoms with Gasteiger partial charge in [0, 0.05) is 13.1 Å². The minimum atomic E-state index is -0.888. The van der Waals surface area contributed by atoms with Gasteiger partial charge in [0.15, 0.2) is 11.8 Å². The van der Waals surface area contributed by atoms with E-state index in [-0.39, 0.29) is 11.8 Å². The highest BCUT2D eigenvalue weighted by Gasteiger charge is 2.30. The zero-order valence-corrected chi connectivity index (χ0v) is 14.1. The molecule has 2 aromatic heterocycles. The number of amides is 1. The van der Waals surface area contributed by atoms with Gasteiger partial charge in [0.2, 0.25) is 0 Å². The molecular weight excluding hydrogens is 322 g/mol. The van der Waals surface area contributed by atoms with Crippen LogP contribution in [0.1, 0.15) is 25.5 Å². The van der Waals surface area contributed by atoms with Gasteiger partial charge in [0.05, 0.1) is 6.26 Å². The van der Waals surface area contributed by atoms with Gasteiger partial charge in [-0.15, -0.1) is 5.10 Å². The number of nitrogens with zero attached hydrogens (tertiary/aromatic N) is 3. The number of carbonyl (C=O) groups excluding carboxylic acids is 1. The van der Waals surface area contributed by atoms with Crippen LogP contribution in [0.15, 0.2) is 62.4 Å². The molecule has 1 amide bonds. The second-order valence-electron chi connectivity index (χ2n) is 5.42. The van der Waals surface area contributed by atoms with Crippen LogP contribution in [0.3, 0.4) is 0 Å². The minimum Gasteiger partial charge on any atom is -0.459 e. The van der Waals surface area contributed by atoms with E-state index in [0.717, 1.165) is 4.68 Å². The molecule has 0 aliphatic carbocycles. The Bertz CT molecular complexity index is 877. The number of hydrogen-bond acceptors (Lipinski definition) is 5. The van der Waals surface area contributed by atoms with Crippen LogP contribution < -0.4 is 5.76 Å². The van der Waals surface area contributed by atoms with Gasteiger partial charge in [-0.3, -0.25) is 4.79 Å². The standard InChI is InChI=1S/C18H19N3O4/c1-3-20(4-2)17(22)15(13-9-6-5-7-10-13)21-18(23)25-16(19-21)14-11-8-12-24-14/h5-12,15H,3-4H2,1-2H3/t15-/m1/s1. The van der Waals surface area contributed by atoms with Crippen LogP contribution in [-0.4, -0.2) is 33.7 Å². The molecule has 0 radical (unpaired) electrons. The molecule has 0 aliphatic rings. The predicted molar refractivity (Wildman–Crippen MR) is 91.0 cm³/mol. The van der Waals surface area contributed by atoms with Crippen LogP contribution in [0.4, 0.5) is 0 Å². The summed E-state index contributed by atoms with van der Waals surface area (Å²) in [6.45, 7) is 4.86. The molecule has 0 saturated heterocycles. The van der Waals surface area contributed by atoms with E-state index in [1.54, 1.807) is 29.2 Å². The van der Waals surface area contributed by atoms with Gasteiger partial charge >= 0.3 is 5.76 Å². The number of hydrogen-bond donors (Lipinski definition) is 0. The molecule has 1 aromatic carbocycles. The Morgan fingerprint density at radius 1 is 1.16 bits per heavy atom. The van der Waals surface area contributed by atoms with E-state index in [1.165, 1.54) is 6.26 Å². The molecule has 1 atom stereocenters. The fourth-order valence-electron chi connectivity index (χ4n) is 2.68. The molecule has 0 unspecified atom stereocenters. The van der Waals surface area contributed by atoms with Crippen LogP contribution in [0, 0.1) is 0 Å². The van der Waals surface area contributed by atoms with Gasteiger partial charge in [0.25, 0.3) is 11.8 Å². The van der Waals surface area contributed by atoms with Crippen molar-refractivity contribution in [2.75, 3.05) is 13.1 Å². The molecule has 0 aliphatic heterocycles. The molecule has 0 spiro atoms. The number of aromatic nitrogens is 2. The van der Waals surface area contributed by atoms with E-state index in [9.17, 15) is 9.59 Å².